The van der Waals surface area contributed by atoms with Crippen molar-refractivity contribution in [3.05, 3.63) is 59.3 Å². The Hall–Kier alpha value is -1.84. The molecule has 1 unspecified atom stereocenters. The van der Waals surface area contributed by atoms with Gasteiger partial charge in [-0.15, -0.1) is 0 Å². The fourth-order valence-corrected chi connectivity index (χ4v) is 6.00. The third-order valence-electron chi connectivity index (χ3n) is 8.12. The van der Waals surface area contributed by atoms with E-state index in [1.54, 1.807) is 6.92 Å². The van der Waals surface area contributed by atoms with Gasteiger partial charge < -0.3 is 15.3 Å². The number of hydrogen-bond acceptors (Lipinski definition) is 3. The monoisotopic (exact) mass is 520 g/mol. The first kappa shape index (κ1) is 28.7. The van der Waals surface area contributed by atoms with Crippen molar-refractivity contribution in [1.82, 2.24) is 0 Å². The van der Waals surface area contributed by atoms with Crippen molar-refractivity contribution in [2.45, 2.75) is 89.0 Å². The maximum atomic E-state index is 12.9. The second-order valence-electron chi connectivity index (χ2n) is 10.6. The van der Waals surface area contributed by atoms with Crippen LogP contribution in [0.15, 0.2) is 59.3 Å². The Bertz CT molecular complexity index is 957. The number of hydrogen-bond donors (Lipinski definition) is 3. The van der Waals surface area contributed by atoms with Crippen LogP contribution in [0.3, 0.4) is 0 Å². The molecule has 0 spiro atoms. The summed E-state index contributed by atoms with van der Waals surface area (Å²) in [5.41, 5.74) is -1.56. The van der Waals surface area contributed by atoms with E-state index in [0.717, 1.165) is 42.9 Å². The number of halogens is 6. The average Bonchev–Trinajstić information content (AvgIpc) is 3.11. The van der Waals surface area contributed by atoms with Gasteiger partial charge in [0.25, 0.3) is 5.60 Å². The lowest BCUT2D eigenvalue weighted by Crippen LogP contribution is -2.55. The molecule has 0 heterocycles. The van der Waals surface area contributed by atoms with Crippen LogP contribution in [0.2, 0.25) is 0 Å². The van der Waals surface area contributed by atoms with Gasteiger partial charge in [-0.3, -0.25) is 0 Å². The first-order valence-electron chi connectivity index (χ1n) is 12.2. The molecule has 3 rings (SSSR count). The number of aliphatic hydroxyl groups excluding tert-OH is 2. The van der Waals surface area contributed by atoms with Crippen molar-refractivity contribution in [2.75, 3.05) is 0 Å². The van der Waals surface area contributed by atoms with E-state index in [-0.39, 0.29) is 36.2 Å². The SMILES string of the molecule is C=C1/C(=C\C=C2/CCC[C@]3(C)C([C@H](C)C/C=C/C(O)(C(F)(F)F)C(F)(F)F)=CCC23)C[C@H](O)C[C@@H]1O. The molecule has 9 heteroatoms. The van der Waals surface area contributed by atoms with Gasteiger partial charge in [-0.05, 0) is 73.0 Å². The summed E-state index contributed by atoms with van der Waals surface area (Å²) in [6.07, 6.45) is -2.69. The molecule has 2 fully saturated rings. The smallest absolute Gasteiger partial charge is 0.393 e. The van der Waals surface area contributed by atoms with Gasteiger partial charge in [-0.2, -0.15) is 26.3 Å². The second-order valence-corrected chi connectivity index (χ2v) is 10.6. The Balaban J connectivity index is 1.76. The second kappa shape index (κ2) is 10.1. The van der Waals surface area contributed by atoms with Crippen LogP contribution in [0.4, 0.5) is 26.3 Å². The molecule has 0 aromatic heterocycles. The van der Waals surface area contributed by atoms with Crippen molar-refractivity contribution in [3.8, 4) is 0 Å². The third kappa shape index (κ3) is 5.38. The van der Waals surface area contributed by atoms with Crippen molar-refractivity contribution >= 4 is 0 Å². The Morgan fingerprint density at radius 1 is 1.14 bits per heavy atom. The lowest BCUT2D eigenvalue weighted by Gasteiger charge is -2.42. The van der Waals surface area contributed by atoms with Crippen LogP contribution in [0.5, 0.6) is 0 Å². The van der Waals surface area contributed by atoms with E-state index < -0.39 is 30.2 Å². The minimum Gasteiger partial charge on any atom is -0.393 e. The number of rotatable bonds is 5. The maximum absolute atomic E-state index is 12.9. The fourth-order valence-electron chi connectivity index (χ4n) is 6.00. The highest BCUT2D eigenvalue weighted by Gasteiger charge is 2.68. The minimum absolute atomic E-state index is 0.0681. The molecule has 3 aliphatic rings. The van der Waals surface area contributed by atoms with Crippen molar-refractivity contribution in [3.63, 3.8) is 0 Å². The molecular formula is C27H34F6O3. The number of alkyl halides is 6. The van der Waals surface area contributed by atoms with E-state index in [2.05, 4.69) is 13.5 Å². The lowest BCUT2D eigenvalue weighted by atomic mass is 9.62. The molecule has 2 saturated carbocycles. The Labute approximate surface area is 207 Å². The van der Waals surface area contributed by atoms with Crippen molar-refractivity contribution in [2.24, 2.45) is 17.3 Å². The third-order valence-corrected chi connectivity index (χ3v) is 8.12. The molecule has 3 aliphatic carbocycles. The van der Waals surface area contributed by atoms with Crippen LogP contribution in [-0.4, -0.2) is 45.5 Å². The normalized spacial score (nSPS) is 33.4. The van der Waals surface area contributed by atoms with Gasteiger partial charge in [-0.25, -0.2) is 0 Å². The summed E-state index contributed by atoms with van der Waals surface area (Å²) in [4.78, 5) is 0. The van der Waals surface area contributed by atoms with E-state index in [9.17, 15) is 41.7 Å². The van der Waals surface area contributed by atoms with Crippen molar-refractivity contribution < 1.29 is 41.7 Å². The van der Waals surface area contributed by atoms with Gasteiger partial charge in [0.05, 0.1) is 12.2 Å². The maximum Gasteiger partial charge on any atom is 0.429 e. The first-order valence-corrected chi connectivity index (χ1v) is 12.2. The molecule has 0 aliphatic heterocycles. The molecule has 0 bridgehead atoms. The summed E-state index contributed by atoms with van der Waals surface area (Å²) in [6, 6.07) is 0. The molecule has 5 atom stereocenters. The molecule has 3 N–H and O–H groups in total. The summed E-state index contributed by atoms with van der Waals surface area (Å²) in [5, 5.41) is 29.4. The van der Waals surface area contributed by atoms with Crippen LogP contribution in [0, 0.1) is 17.3 Å². The summed E-state index contributed by atoms with van der Waals surface area (Å²) in [7, 11) is 0. The zero-order valence-corrected chi connectivity index (χ0v) is 20.5. The molecule has 3 nitrogen and oxygen atoms in total. The predicted octanol–water partition coefficient (Wildman–Crippen LogP) is 6.49. The van der Waals surface area contributed by atoms with E-state index in [0.29, 0.717) is 12.0 Å². The number of aliphatic hydroxyl groups is 3. The zero-order chi connectivity index (χ0) is 27.1. The van der Waals surface area contributed by atoms with Crippen LogP contribution >= 0.6 is 0 Å². The molecule has 0 radical (unpaired) electrons. The zero-order valence-electron chi connectivity index (χ0n) is 20.5. The van der Waals surface area contributed by atoms with Crippen LogP contribution < -0.4 is 0 Å². The molecule has 0 amide bonds. The highest BCUT2D eigenvalue weighted by atomic mass is 19.4. The molecule has 36 heavy (non-hydrogen) atoms. The molecular weight excluding hydrogens is 486 g/mol. The lowest BCUT2D eigenvalue weighted by molar-refractivity contribution is -0.347. The Morgan fingerprint density at radius 3 is 2.39 bits per heavy atom. The van der Waals surface area contributed by atoms with E-state index >= 15 is 0 Å². The molecule has 0 saturated heterocycles. The van der Waals surface area contributed by atoms with Gasteiger partial charge >= 0.3 is 12.4 Å². The van der Waals surface area contributed by atoms with E-state index in [4.69, 9.17) is 0 Å². The van der Waals surface area contributed by atoms with Gasteiger partial charge in [0.1, 0.15) is 0 Å². The molecule has 0 aromatic carbocycles. The fraction of sp³-hybridized carbons (Fsp3) is 0.630. The quantitative estimate of drug-likeness (QED) is 0.287. The van der Waals surface area contributed by atoms with Crippen molar-refractivity contribution in [1.29, 1.82) is 0 Å². The minimum atomic E-state index is -5.87. The van der Waals surface area contributed by atoms with Crippen LogP contribution in [0.25, 0.3) is 0 Å². The van der Waals surface area contributed by atoms with Gasteiger partial charge in [0, 0.05) is 6.42 Å². The van der Waals surface area contributed by atoms with E-state index in [1.807, 2.05) is 18.2 Å². The molecule has 0 aromatic rings. The van der Waals surface area contributed by atoms with Gasteiger partial charge in [-0.1, -0.05) is 55.9 Å². The Kier molecular flexibility index (Phi) is 8.09. The van der Waals surface area contributed by atoms with E-state index in [1.165, 1.54) is 5.57 Å². The largest absolute Gasteiger partial charge is 0.429 e. The van der Waals surface area contributed by atoms with Gasteiger partial charge in [0.15, 0.2) is 0 Å². The molecule has 202 valence electrons. The first-order chi connectivity index (χ1) is 16.5. The predicted molar refractivity (Wildman–Crippen MR) is 125 cm³/mol. The standard InChI is InChI=1S/C27H34F6O3/c1-16(6-4-13-25(36,26(28,29)30)27(31,32)33)21-10-11-22-18(7-5-12-24(21,22)3)8-9-19-14-20(34)15-23(35)17(19)2/h4,8-10,13,16,20,22-23,34-36H,2,5-7,11-12,14-15H2,1,3H3/b13-4+,18-8+,19-9-/t16-,20+,22?,23+,24-/m1/s1. The summed E-state index contributed by atoms with van der Waals surface area (Å²) < 4.78 is 77.7. The summed E-state index contributed by atoms with van der Waals surface area (Å²) in [6.45, 7) is 7.80. The topological polar surface area (TPSA) is 60.7 Å². The van der Waals surface area contributed by atoms with Crippen LogP contribution in [0.1, 0.15) is 58.8 Å². The summed E-state index contributed by atoms with van der Waals surface area (Å²) in [5.74, 6) is -0.151. The average molecular weight is 521 g/mol. The van der Waals surface area contributed by atoms with Gasteiger partial charge in [0.2, 0.25) is 0 Å². The number of fused-ring (bicyclic) bond motifs is 1. The summed E-state index contributed by atoms with van der Waals surface area (Å²) >= 11 is 0. The highest BCUT2D eigenvalue weighted by molar-refractivity contribution is 5.40. The number of allylic oxidation sites excluding steroid dienone is 6. The Morgan fingerprint density at radius 2 is 1.78 bits per heavy atom. The van der Waals surface area contributed by atoms with Crippen LogP contribution in [-0.2, 0) is 0 Å². The highest BCUT2D eigenvalue weighted by Crippen LogP contribution is 2.57.